The van der Waals surface area contributed by atoms with E-state index in [2.05, 4.69) is 86.6 Å². The Morgan fingerprint density at radius 3 is 1.76 bits per heavy atom. The average Bonchev–Trinajstić information content (AvgIpc) is 2.97. The second-order valence-electron chi connectivity index (χ2n) is 9.63. The average molecular weight is 490 g/mol. The summed E-state index contributed by atoms with van der Waals surface area (Å²) in [5.74, 6) is -0.237. The van der Waals surface area contributed by atoms with Gasteiger partial charge in [-0.25, -0.2) is 0 Å². The standard InChI is InChI=1S/C35H38O2/c1-3-4-5-6-7-11-26-37-35(36)34-24-22-33(23-25-34)32-20-16-29(17-21-32)27(2)28-14-18-31(19-15-28)30-12-9-8-10-13-30/h8-10,12-25,36H,3-7,11,26H2,1-2H3/p-1. The minimum absolute atomic E-state index is 0.237. The van der Waals surface area contributed by atoms with Gasteiger partial charge in [-0.1, -0.05) is 142 Å². The molecule has 0 bridgehead atoms. The number of ether oxygens (including phenoxy) is 1. The Labute approximate surface area is 220 Å². The second kappa shape index (κ2) is 13.5. The lowest BCUT2D eigenvalue weighted by molar-refractivity contribution is -0.291. The molecule has 0 heterocycles. The van der Waals surface area contributed by atoms with Crippen LogP contribution in [0, 0.1) is 10.4 Å². The molecule has 0 amide bonds. The first-order valence-corrected chi connectivity index (χ1v) is 13.5. The smallest absolute Gasteiger partial charge is 0.0587 e. The predicted octanol–water partition coefficient (Wildman–Crippen LogP) is 6.66. The summed E-state index contributed by atoms with van der Waals surface area (Å²) in [4.78, 5) is 0. The fourth-order valence-corrected chi connectivity index (χ4v) is 4.55. The molecule has 190 valence electrons. The molecule has 2 heteroatoms. The molecule has 0 saturated heterocycles. The molecule has 0 radical (unpaired) electrons. The van der Waals surface area contributed by atoms with Crippen molar-refractivity contribution in [2.75, 3.05) is 6.61 Å². The van der Waals surface area contributed by atoms with Crippen LogP contribution in [0.2, 0.25) is 0 Å². The Kier molecular flexibility index (Phi) is 9.60. The molecular formula is C35H37O2-. The van der Waals surface area contributed by atoms with Gasteiger partial charge in [-0.15, -0.1) is 0 Å². The molecule has 4 aromatic carbocycles. The third-order valence-corrected chi connectivity index (χ3v) is 6.93. The minimum atomic E-state index is -0.237. The Balaban J connectivity index is 1.46. The quantitative estimate of drug-likeness (QED) is 0.233. The van der Waals surface area contributed by atoms with Gasteiger partial charge in [0.1, 0.15) is 0 Å². The third kappa shape index (κ3) is 7.36. The van der Waals surface area contributed by atoms with E-state index in [0.29, 0.717) is 11.8 Å². The van der Waals surface area contributed by atoms with E-state index in [1.807, 2.05) is 30.3 Å². The van der Waals surface area contributed by atoms with E-state index in [9.17, 15) is 5.11 Å². The van der Waals surface area contributed by atoms with Gasteiger partial charge in [0.25, 0.3) is 0 Å². The third-order valence-electron chi connectivity index (χ3n) is 6.93. The predicted molar refractivity (Wildman–Crippen MR) is 153 cm³/mol. The zero-order valence-corrected chi connectivity index (χ0v) is 22.1. The van der Waals surface area contributed by atoms with Crippen LogP contribution < -0.4 is 15.5 Å². The van der Waals surface area contributed by atoms with Gasteiger partial charge in [0, 0.05) is 0 Å². The Morgan fingerprint density at radius 2 is 1.14 bits per heavy atom. The lowest BCUT2D eigenvalue weighted by Crippen LogP contribution is -2.18. The summed E-state index contributed by atoms with van der Waals surface area (Å²) in [5, 5.41) is 16.4. The summed E-state index contributed by atoms with van der Waals surface area (Å²) in [6.07, 6.45) is 7.08. The zero-order valence-electron chi connectivity index (χ0n) is 22.1. The van der Waals surface area contributed by atoms with Crippen LogP contribution in [0.1, 0.15) is 57.9 Å². The van der Waals surface area contributed by atoms with E-state index in [4.69, 9.17) is 4.74 Å². The molecule has 0 fully saturated rings. The van der Waals surface area contributed by atoms with E-state index in [0.717, 1.165) is 23.3 Å². The van der Waals surface area contributed by atoms with E-state index >= 15 is 0 Å². The maximum absolute atomic E-state index is 12.4. The monoisotopic (exact) mass is 489 g/mol. The minimum Gasteiger partial charge on any atom is -0.613 e. The lowest BCUT2D eigenvalue weighted by atomic mass is 9.99. The molecule has 0 unspecified atom stereocenters. The van der Waals surface area contributed by atoms with Crippen LogP contribution in [0.25, 0.3) is 22.6 Å². The molecule has 0 aliphatic heterocycles. The Hall–Kier alpha value is -3.78. The van der Waals surface area contributed by atoms with E-state index in [1.54, 1.807) is 0 Å². The first-order chi connectivity index (χ1) is 18.2. The van der Waals surface area contributed by atoms with Gasteiger partial charge >= 0.3 is 0 Å². The molecule has 2 nitrogen and oxygen atoms in total. The summed E-state index contributed by atoms with van der Waals surface area (Å²) >= 11 is 0. The first kappa shape index (κ1) is 26.3. The summed E-state index contributed by atoms with van der Waals surface area (Å²) in [6, 6.07) is 35.5. The molecule has 37 heavy (non-hydrogen) atoms. The van der Waals surface area contributed by atoms with Crippen LogP contribution in [0.4, 0.5) is 0 Å². The molecule has 0 aliphatic rings. The molecule has 4 aromatic rings. The van der Waals surface area contributed by atoms with Gasteiger partial charge in [-0.3, -0.25) is 0 Å². The van der Waals surface area contributed by atoms with Crippen molar-refractivity contribution in [2.24, 2.45) is 0 Å². The van der Waals surface area contributed by atoms with Gasteiger partial charge in [0.2, 0.25) is 0 Å². The SMILES string of the molecule is CCCCCCCCOC([O-])=c1ccc(=c2ccc(=C(C)c3ccc(-c4ccccc4)cc3)cc2)cc1. The molecule has 0 spiro atoms. The van der Waals surface area contributed by atoms with Gasteiger partial charge < -0.3 is 9.84 Å². The number of unbranched alkanes of at least 4 members (excludes halogenated alkanes) is 5. The van der Waals surface area contributed by atoms with Crippen molar-refractivity contribution in [3.05, 3.63) is 130 Å². The lowest BCUT2D eigenvalue weighted by Gasteiger charge is -2.15. The van der Waals surface area contributed by atoms with Crippen molar-refractivity contribution < 1.29 is 9.84 Å². The normalized spacial score (nSPS) is 10.8. The van der Waals surface area contributed by atoms with Crippen LogP contribution in [-0.4, -0.2) is 6.61 Å². The zero-order chi connectivity index (χ0) is 25.9. The Bertz CT molecular complexity index is 1440. The fourth-order valence-electron chi connectivity index (χ4n) is 4.55. The largest absolute Gasteiger partial charge is 0.613 e. The Morgan fingerprint density at radius 1 is 0.595 bits per heavy atom. The number of hydrogen-bond donors (Lipinski definition) is 0. The molecule has 0 saturated carbocycles. The van der Waals surface area contributed by atoms with Crippen molar-refractivity contribution in [2.45, 2.75) is 52.4 Å². The van der Waals surface area contributed by atoms with Gasteiger partial charge in [0.05, 0.1) is 5.95 Å². The molecule has 0 aromatic heterocycles. The molecule has 0 aliphatic carbocycles. The van der Waals surface area contributed by atoms with E-state index in [-0.39, 0.29) is 5.95 Å². The topological polar surface area (TPSA) is 32.3 Å². The van der Waals surface area contributed by atoms with Crippen LogP contribution in [-0.2, 0) is 4.74 Å². The number of rotatable bonds is 10. The van der Waals surface area contributed by atoms with Crippen LogP contribution in [0.15, 0.2) is 103 Å². The highest BCUT2D eigenvalue weighted by atomic mass is 16.6. The highest BCUT2D eigenvalue weighted by Gasteiger charge is 2.00. The van der Waals surface area contributed by atoms with Gasteiger partial charge in [-0.2, -0.15) is 0 Å². The second-order valence-corrected chi connectivity index (χ2v) is 9.63. The summed E-state index contributed by atoms with van der Waals surface area (Å²) in [7, 11) is 0. The first-order valence-electron chi connectivity index (χ1n) is 13.5. The van der Waals surface area contributed by atoms with Crippen molar-refractivity contribution in [1.29, 1.82) is 0 Å². The van der Waals surface area contributed by atoms with Crippen LogP contribution in [0.3, 0.4) is 0 Å². The maximum Gasteiger partial charge on any atom is 0.0587 e. The van der Waals surface area contributed by atoms with Gasteiger partial charge in [-0.05, 0) is 63.1 Å². The maximum atomic E-state index is 12.4. The molecular weight excluding hydrogens is 452 g/mol. The summed E-state index contributed by atoms with van der Waals surface area (Å²) < 4.78 is 5.46. The summed E-state index contributed by atoms with van der Waals surface area (Å²) in [5.41, 5.74) is 4.92. The molecule has 0 N–H and O–H groups in total. The highest BCUT2D eigenvalue weighted by Crippen LogP contribution is 2.21. The highest BCUT2D eigenvalue weighted by molar-refractivity contribution is 5.69. The number of hydrogen-bond acceptors (Lipinski definition) is 2. The van der Waals surface area contributed by atoms with Crippen molar-refractivity contribution in [1.82, 2.24) is 0 Å². The summed E-state index contributed by atoms with van der Waals surface area (Å²) in [6.45, 7) is 4.88. The number of benzene rings is 4. The van der Waals surface area contributed by atoms with Gasteiger partial charge in [0.15, 0.2) is 0 Å². The van der Waals surface area contributed by atoms with E-state index in [1.165, 1.54) is 53.2 Å². The van der Waals surface area contributed by atoms with Crippen LogP contribution in [0.5, 0.6) is 0 Å². The van der Waals surface area contributed by atoms with Crippen LogP contribution >= 0.6 is 0 Å². The van der Waals surface area contributed by atoms with Crippen molar-refractivity contribution in [3.63, 3.8) is 0 Å². The van der Waals surface area contributed by atoms with Crippen molar-refractivity contribution >= 4 is 11.5 Å². The fraction of sp³-hybridized carbons (Fsp3) is 0.257. The molecule has 0 atom stereocenters. The van der Waals surface area contributed by atoms with Crippen molar-refractivity contribution in [3.8, 4) is 11.1 Å². The molecule has 4 rings (SSSR count). The van der Waals surface area contributed by atoms with E-state index < -0.39 is 0 Å².